The molecule has 0 saturated heterocycles. The molecular formula is C23H19ClF2N4O3. The molecule has 0 aliphatic heterocycles. The summed E-state index contributed by atoms with van der Waals surface area (Å²) in [5, 5.41) is 13.0. The molecule has 10 heteroatoms. The Morgan fingerprint density at radius 2 is 1.97 bits per heavy atom. The number of rotatable bonds is 7. The van der Waals surface area contributed by atoms with Gasteiger partial charge in [-0.25, -0.2) is 23.5 Å². The maximum atomic E-state index is 14.2. The third kappa shape index (κ3) is 4.31. The van der Waals surface area contributed by atoms with Crippen LogP contribution in [0, 0.1) is 18.6 Å². The van der Waals surface area contributed by atoms with E-state index in [0.717, 1.165) is 11.8 Å². The first kappa shape index (κ1) is 22.5. The molecule has 0 unspecified atom stereocenters. The lowest BCUT2D eigenvalue weighted by atomic mass is 10.1. The van der Waals surface area contributed by atoms with E-state index in [4.69, 9.17) is 21.4 Å². The highest BCUT2D eigenvalue weighted by atomic mass is 35.5. The summed E-state index contributed by atoms with van der Waals surface area (Å²) < 4.78 is 35.4. The number of benzene rings is 2. The van der Waals surface area contributed by atoms with Gasteiger partial charge in [-0.3, -0.25) is 0 Å². The van der Waals surface area contributed by atoms with Crippen LogP contribution in [0.1, 0.15) is 16.1 Å². The number of ether oxygens (including phenoxy) is 1. The van der Waals surface area contributed by atoms with Gasteiger partial charge in [0.1, 0.15) is 18.0 Å². The molecule has 7 nitrogen and oxygen atoms in total. The predicted octanol–water partition coefficient (Wildman–Crippen LogP) is 5.16. The van der Waals surface area contributed by atoms with Crippen molar-refractivity contribution in [2.75, 3.05) is 19.0 Å². The number of nitrogens with one attached hydrogen (secondary N) is 1. The highest BCUT2D eigenvalue weighted by molar-refractivity contribution is 6.35. The summed E-state index contributed by atoms with van der Waals surface area (Å²) in [6, 6.07) is 8.50. The van der Waals surface area contributed by atoms with Crippen LogP contribution in [0.3, 0.4) is 0 Å². The van der Waals surface area contributed by atoms with Crippen molar-refractivity contribution in [1.82, 2.24) is 14.5 Å². The van der Waals surface area contributed by atoms with Gasteiger partial charge in [0.05, 0.1) is 28.9 Å². The fourth-order valence-electron chi connectivity index (χ4n) is 3.73. The summed E-state index contributed by atoms with van der Waals surface area (Å²) >= 11 is 6.31. The first-order chi connectivity index (χ1) is 15.8. The molecule has 4 rings (SSSR count). The number of methoxy groups -OCH3 is 1. The summed E-state index contributed by atoms with van der Waals surface area (Å²) in [6.45, 7) is 2.86. The summed E-state index contributed by atoms with van der Waals surface area (Å²) in [5.74, 6) is -2.05. The lowest BCUT2D eigenvalue weighted by molar-refractivity contribution is 0.0692. The van der Waals surface area contributed by atoms with Crippen molar-refractivity contribution >= 4 is 34.3 Å². The van der Waals surface area contributed by atoms with Crippen LogP contribution >= 0.6 is 11.6 Å². The monoisotopic (exact) mass is 472 g/mol. The van der Waals surface area contributed by atoms with Crippen LogP contribution in [0.4, 0.5) is 14.6 Å². The van der Waals surface area contributed by atoms with Crippen LogP contribution in [-0.2, 0) is 6.54 Å². The lowest BCUT2D eigenvalue weighted by Crippen LogP contribution is -2.12. The maximum Gasteiger partial charge on any atom is 0.338 e. The molecule has 2 N–H and O–H groups in total. The van der Waals surface area contributed by atoms with Crippen molar-refractivity contribution in [1.29, 1.82) is 0 Å². The van der Waals surface area contributed by atoms with Crippen molar-refractivity contribution < 1.29 is 23.4 Å². The number of aromatic carboxylic acids is 1. The van der Waals surface area contributed by atoms with Gasteiger partial charge in [0.2, 0.25) is 0 Å². The molecule has 0 radical (unpaired) electrons. The third-order valence-electron chi connectivity index (χ3n) is 5.25. The van der Waals surface area contributed by atoms with Gasteiger partial charge in [0.15, 0.2) is 11.6 Å². The molecule has 2 aromatic heterocycles. The number of aryl methyl sites for hydroxylation is 1. The number of carbonyl (C=O) groups is 1. The minimum Gasteiger partial charge on any atom is -0.493 e. The quantitative estimate of drug-likeness (QED) is 0.386. The molecule has 0 aliphatic carbocycles. The molecule has 0 amide bonds. The highest BCUT2D eigenvalue weighted by Crippen LogP contribution is 2.36. The number of carboxylic acid groups (broad SMARTS) is 1. The van der Waals surface area contributed by atoms with Gasteiger partial charge in [0.25, 0.3) is 0 Å². The Kier molecular flexibility index (Phi) is 6.15. The number of anilines is 1. The summed E-state index contributed by atoms with van der Waals surface area (Å²) in [7, 11) is 1.41. The molecule has 0 atom stereocenters. The van der Waals surface area contributed by atoms with E-state index in [2.05, 4.69) is 15.3 Å². The second-order valence-electron chi connectivity index (χ2n) is 7.29. The van der Waals surface area contributed by atoms with Gasteiger partial charge < -0.3 is 19.7 Å². The topological polar surface area (TPSA) is 89.3 Å². The van der Waals surface area contributed by atoms with Crippen molar-refractivity contribution in [2.45, 2.75) is 13.5 Å². The van der Waals surface area contributed by atoms with E-state index in [9.17, 15) is 13.6 Å². The molecule has 33 heavy (non-hydrogen) atoms. The van der Waals surface area contributed by atoms with E-state index in [1.165, 1.54) is 31.6 Å². The fraction of sp³-hybridized carbons (Fsp3) is 0.174. The summed E-state index contributed by atoms with van der Waals surface area (Å²) in [5.41, 5.74) is 2.02. The molecule has 0 spiro atoms. The minimum absolute atomic E-state index is 0.144. The van der Waals surface area contributed by atoms with Gasteiger partial charge >= 0.3 is 5.97 Å². The van der Waals surface area contributed by atoms with Gasteiger partial charge in [-0.15, -0.1) is 0 Å². The van der Waals surface area contributed by atoms with Crippen molar-refractivity contribution in [3.8, 4) is 17.0 Å². The zero-order valence-corrected chi connectivity index (χ0v) is 18.5. The fourth-order valence-corrected chi connectivity index (χ4v) is 4.03. The predicted molar refractivity (Wildman–Crippen MR) is 121 cm³/mol. The molecule has 2 aromatic carbocycles. The Bertz CT molecular complexity index is 1370. The number of carboxylic acids is 1. The maximum absolute atomic E-state index is 14.2. The second-order valence-corrected chi connectivity index (χ2v) is 7.70. The second kappa shape index (κ2) is 9.03. The largest absolute Gasteiger partial charge is 0.493 e. The van der Waals surface area contributed by atoms with Crippen LogP contribution in [0.5, 0.6) is 5.75 Å². The van der Waals surface area contributed by atoms with Crippen molar-refractivity contribution in [3.05, 3.63) is 70.6 Å². The Labute approximate surface area is 192 Å². The van der Waals surface area contributed by atoms with Crippen molar-refractivity contribution in [2.24, 2.45) is 0 Å². The molecule has 0 bridgehead atoms. The Morgan fingerprint density at radius 1 is 1.18 bits per heavy atom. The zero-order chi connectivity index (χ0) is 23.7. The number of hydrogen-bond acceptors (Lipinski definition) is 5. The highest BCUT2D eigenvalue weighted by Gasteiger charge is 2.18. The van der Waals surface area contributed by atoms with E-state index in [0.29, 0.717) is 41.1 Å². The van der Waals surface area contributed by atoms with E-state index < -0.39 is 23.2 Å². The number of halogens is 3. The molecular weight excluding hydrogens is 454 g/mol. The molecule has 4 aromatic rings. The lowest BCUT2D eigenvalue weighted by Gasteiger charge is -2.12. The molecule has 0 aliphatic rings. The number of nitrogens with zero attached hydrogens (tertiary/aromatic N) is 3. The average molecular weight is 473 g/mol. The normalized spacial score (nSPS) is 11.1. The van der Waals surface area contributed by atoms with E-state index >= 15 is 0 Å². The summed E-state index contributed by atoms with van der Waals surface area (Å²) in [4.78, 5) is 19.3. The smallest absolute Gasteiger partial charge is 0.338 e. The minimum atomic E-state index is -1.34. The van der Waals surface area contributed by atoms with Crippen LogP contribution in [0.25, 0.3) is 22.2 Å². The Balaban J connectivity index is 1.54. The zero-order valence-electron chi connectivity index (χ0n) is 17.7. The molecule has 170 valence electrons. The van der Waals surface area contributed by atoms with Gasteiger partial charge in [0, 0.05) is 35.8 Å². The van der Waals surface area contributed by atoms with Crippen LogP contribution in [-0.4, -0.2) is 39.3 Å². The van der Waals surface area contributed by atoms with Gasteiger partial charge in [-0.1, -0.05) is 17.7 Å². The first-order valence-corrected chi connectivity index (χ1v) is 10.3. The molecule has 2 heterocycles. The van der Waals surface area contributed by atoms with Gasteiger partial charge in [-0.2, -0.15) is 0 Å². The van der Waals surface area contributed by atoms with E-state index in [-0.39, 0.29) is 10.8 Å². The first-order valence-electron chi connectivity index (χ1n) is 9.91. The van der Waals surface area contributed by atoms with Crippen LogP contribution in [0.2, 0.25) is 5.02 Å². The van der Waals surface area contributed by atoms with E-state index in [1.807, 2.05) is 17.6 Å². The summed E-state index contributed by atoms with van der Waals surface area (Å²) in [6.07, 6.45) is 1.33. The average Bonchev–Trinajstić information content (AvgIpc) is 3.10. The van der Waals surface area contributed by atoms with Gasteiger partial charge in [-0.05, 0) is 31.2 Å². The number of aromatic nitrogens is 3. The molecule has 0 saturated carbocycles. The van der Waals surface area contributed by atoms with E-state index in [1.54, 1.807) is 6.07 Å². The SMILES string of the molecule is COc1c(F)cc(Cl)c2c1cc(C)n2CCNc1cc(-c2ccc(C(=O)O)c(F)c2)ncn1. The Morgan fingerprint density at radius 3 is 2.67 bits per heavy atom. The standard InChI is InChI=1S/C23H19ClF2N4O3/c1-12-7-15-21(16(24)9-18(26)22(15)33-2)30(12)6-5-27-20-10-19(28-11-29-20)13-3-4-14(23(31)32)17(25)8-13/h3-4,7-11H,5-6H2,1-2H3,(H,31,32)(H,27,28,29). The van der Waals surface area contributed by atoms with Crippen LogP contribution in [0.15, 0.2) is 42.7 Å². The number of fused-ring (bicyclic) bond motifs is 1. The molecule has 0 fully saturated rings. The van der Waals surface area contributed by atoms with Crippen LogP contribution < -0.4 is 10.1 Å². The van der Waals surface area contributed by atoms with Crippen molar-refractivity contribution in [3.63, 3.8) is 0 Å². The Hall–Kier alpha value is -3.72. The third-order valence-corrected chi connectivity index (χ3v) is 5.54. The number of hydrogen-bond donors (Lipinski definition) is 2.